The molecule has 4 bridgehead atoms. The first-order valence-electron chi connectivity index (χ1n) is 8.29. The molecule has 1 aromatic rings. The van der Waals surface area contributed by atoms with E-state index in [0.717, 1.165) is 23.9 Å². The smallest absolute Gasteiger partial charge is 0.345 e. The zero-order chi connectivity index (χ0) is 17.3. The van der Waals surface area contributed by atoms with Gasteiger partial charge in [-0.3, -0.25) is 9.48 Å². The second-order valence-corrected chi connectivity index (χ2v) is 8.58. The molecule has 8 heteroatoms. The first-order chi connectivity index (χ1) is 11.2. The van der Waals surface area contributed by atoms with Gasteiger partial charge in [0.15, 0.2) is 5.69 Å². The van der Waals surface area contributed by atoms with Crippen molar-refractivity contribution in [3.63, 3.8) is 0 Å². The first kappa shape index (κ1) is 16.4. The van der Waals surface area contributed by atoms with Gasteiger partial charge in [0.2, 0.25) is 0 Å². The predicted molar refractivity (Wildman–Crippen MR) is 84.3 cm³/mol. The SMILES string of the molecule is Cn1nc(C(F)(F)F)c(Br)c1C(=O)NC12CC3CC(CC(C3)C1)C2. The van der Waals surface area contributed by atoms with E-state index in [9.17, 15) is 18.0 Å². The van der Waals surface area contributed by atoms with Crippen LogP contribution in [0.4, 0.5) is 13.2 Å². The summed E-state index contributed by atoms with van der Waals surface area (Å²) < 4.78 is 39.7. The summed E-state index contributed by atoms with van der Waals surface area (Å²) in [6.07, 6.45) is 1.98. The molecule has 1 N–H and O–H groups in total. The van der Waals surface area contributed by atoms with Gasteiger partial charge >= 0.3 is 6.18 Å². The van der Waals surface area contributed by atoms with Crippen LogP contribution in [0.3, 0.4) is 0 Å². The molecule has 1 amide bonds. The molecular weight excluding hydrogens is 387 g/mol. The molecule has 4 aliphatic rings. The lowest BCUT2D eigenvalue weighted by molar-refractivity contribution is -0.142. The summed E-state index contributed by atoms with van der Waals surface area (Å²) in [5.41, 5.74) is -1.35. The number of carbonyl (C=O) groups is 1. The maximum atomic E-state index is 13.0. The molecular formula is C16H19BrF3N3O. The Labute approximate surface area is 146 Å². The Morgan fingerprint density at radius 3 is 2.12 bits per heavy atom. The molecule has 132 valence electrons. The molecule has 0 radical (unpaired) electrons. The van der Waals surface area contributed by atoms with Gasteiger partial charge in [0.25, 0.3) is 5.91 Å². The number of nitrogens with one attached hydrogen (secondary N) is 1. The number of alkyl halides is 3. The largest absolute Gasteiger partial charge is 0.436 e. The molecule has 4 saturated carbocycles. The number of aryl methyl sites for hydroxylation is 1. The molecule has 24 heavy (non-hydrogen) atoms. The molecule has 0 aliphatic heterocycles. The quantitative estimate of drug-likeness (QED) is 0.810. The van der Waals surface area contributed by atoms with Gasteiger partial charge in [-0.1, -0.05) is 0 Å². The van der Waals surface area contributed by atoms with Crippen molar-refractivity contribution in [2.75, 3.05) is 0 Å². The van der Waals surface area contributed by atoms with Crippen molar-refractivity contribution in [2.45, 2.75) is 50.2 Å². The molecule has 0 atom stereocenters. The van der Waals surface area contributed by atoms with Gasteiger partial charge in [0, 0.05) is 12.6 Å². The third-order valence-corrected chi connectivity index (χ3v) is 6.64. The Morgan fingerprint density at radius 2 is 1.71 bits per heavy atom. The van der Waals surface area contributed by atoms with Crippen molar-refractivity contribution < 1.29 is 18.0 Å². The van der Waals surface area contributed by atoms with Crippen LogP contribution >= 0.6 is 15.9 Å². The van der Waals surface area contributed by atoms with Crippen molar-refractivity contribution in [3.8, 4) is 0 Å². The average molecular weight is 406 g/mol. The van der Waals surface area contributed by atoms with E-state index in [0.29, 0.717) is 17.8 Å². The molecule has 0 unspecified atom stereocenters. The van der Waals surface area contributed by atoms with Crippen molar-refractivity contribution in [1.29, 1.82) is 0 Å². The second-order valence-electron chi connectivity index (χ2n) is 7.78. The van der Waals surface area contributed by atoms with Gasteiger partial charge < -0.3 is 5.32 Å². The summed E-state index contributed by atoms with van der Waals surface area (Å²) in [6, 6.07) is 0. The Bertz CT molecular complexity index is 662. The molecule has 1 aromatic heterocycles. The van der Waals surface area contributed by atoms with E-state index in [1.807, 2.05) is 0 Å². The summed E-state index contributed by atoms with van der Waals surface area (Å²) in [4.78, 5) is 12.7. The fourth-order valence-electron chi connectivity index (χ4n) is 5.49. The average Bonchev–Trinajstić information content (AvgIpc) is 2.71. The van der Waals surface area contributed by atoms with Crippen LogP contribution in [-0.4, -0.2) is 21.2 Å². The van der Waals surface area contributed by atoms with E-state index in [2.05, 4.69) is 26.3 Å². The van der Waals surface area contributed by atoms with Gasteiger partial charge in [-0.15, -0.1) is 0 Å². The monoisotopic (exact) mass is 405 g/mol. The van der Waals surface area contributed by atoms with Gasteiger partial charge in [-0.05, 0) is 72.2 Å². The van der Waals surface area contributed by atoms with Crippen LogP contribution in [0.1, 0.15) is 54.7 Å². The third kappa shape index (κ3) is 2.57. The minimum atomic E-state index is -4.59. The van der Waals surface area contributed by atoms with Crippen molar-refractivity contribution in [3.05, 3.63) is 15.9 Å². The van der Waals surface area contributed by atoms with Crippen LogP contribution in [0.2, 0.25) is 0 Å². The summed E-state index contributed by atoms with van der Waals surface area (Å²) in [5, 5.41) is 6.57. The van der Waals surface area contributed by atoms with Crippen LogP contribution in [0, 0.1) is 17.8 Å². The number of rotatable bonds is 2. The molecule has 0 spiro atoms. The molecule has 1 heterocycles. The van der Waals surface area contributed by atoms with E-state index in [-0.39, 0.29) is 15.7 Å². The summed E-state index contributed by atoms with van der Waals surface area (Å²) >= 11 is 2.93. The summed E-state index contributed by atoms with van der Waals surface area (Å²) in [6.45, 7) is 0. The van der Waals surface area contributed by atoms with Crippen LogP contribution in [-0.2, 0) is 13.2 Å². The van der Waals surface area contributed by atoms with Crippen molar-refractivity contribution >= 4 is 21.8 Å². The lowest BCUT2D eigenvalue weighted by Gasteiger charge is -2.56. The Morgan fingerprint density at radius 1 is 1.21 bits per heavy atom. The zero-order valence-corrected chi connectivity index (χ0v) is 14.9. The molecule has 5 rings (SSSR count). The lowest BCUT2D eigenvalue weighted by Crippen LogP contribution is -2.60. The number of halogens is 4. The highest BCUT2D eigenvalue weighted by Crippen LogP contribution is 2.55. The van der Waals surface area contributed by atoms with E-state index in [1.165, 1.54) is 26.3 Å². The Balaban J connectivity index is 1.60. The predicted octanol–water partition coefficient (Wildman–Crippen LogP) is 3.90. The molecule has 0 saturated heterocycles. The van der Waals surface area contributed by atoms with Crippen LogP contribution < -0.4 is 5.32 Å². The maximum absolute atomic E-state index is 13.0. The fourth-order valence-corrected chi connectivity index (χ4v) is 6.23. The number of hydrogen-bond acceptors (Lipinski definition) is 2. The van der Waals surface area contributed by atoms with Crippen LogP contribution in [0.15, 0.2) is 4.47 Å². The molecule has 0 aromatic carbocycles. The molecule has 4 fully saturated rings. The number of nitrogens with zero attached hydrogens (tertiary/aromatic N) is 2. The Hall–Kier alpha value is -1.05. The normalized spacial score (nSPS) is 34.6. The number of amides is 1. The van der Waals surface area contributed by atoms with Crippen molar-refractivity contribution in [1.82, 2.24) is 15.1 Å². The minimum absolute atomic E-state index is 0.0573. The van der Waals surface area contributed by atoms with Gasteiger partial charge in [0.1, 0.15) is 5.69 Å². The Kier molecular flexibility index (Phi) is 3.57. The standard InChI is InChI=1S/C16H19BrF3N3O/c1-23-12(11(17)13(22-23)16(18,19)20)14(24)21-15-5-8-2-9(6-15)4-10(3-8)7-15/h8-10H,2-7H2,1H3,(H,21,24). The maximum Gasteiger partial charge on any atom is 0.436 e. The lowest BCUT2D eigenvalue weighted by atomic mass is 9.53. The summed E-state index contributed by atoms with van der Waals surface area (Å²) in [5.74, 6) is 1.49. The van der Waals surface area contributed by atoms with Gasteiger partial charge in [-0.2, -0.15) is 18.3 Å². The molecule has 4 aliphatic carbocycles. The molecule has 4 nitrogen and oxygen atoms in total. The number of carbonyl (C=O) groups excluding carboxylic acids is 1. The van der Waals surface area contributed by atoms with Crippen molar-refractivity contribution in [2.24, 2.45) is 24.8 Å². The van der Waals surface area contributed by atoms with E-state index >= 15 is 0 Å². The highest BCUT2D eigenvalue weighted by Gasteiger charge is 2.52. The number of hydrogen-bond donors (Lipinski definition) is 1. The zero-order valence-electron chi connectivity index (χ0n) is 13.3. The highest BCUT2D eigenvalue weighted by atomic mass is 79.9. The summed E-state index contributed by atoms with van der Waals surface area (Å²) in [7, 11) is 1.37. The fraction of sp³-hybridized carbons (Fsp3) is 0.750. The van der Waals surface area contributed by atoms with E-state index < -0.39 is 17.8 Å². The first-order valence-corrected chi connectivity index (χ1v) is 9.08. The second kappa shape index (κ2) is 5.22. The highest BCUT2D eigenvalue weighted by molar-refractivity contribution is 9.10. The van der Waals surface area contributed by atoms with Gasteiger partial charge in [0.05, 0.1) is 4.47 Å². The van der Waals surface area contributed by atoms with Gasteiger partial charge in [-0.25, -0.2) is 0 Å². The topological polar surface area (TPSA) is 46.9 Å². The third-order valence-electron chi connectivity index (χ3n) is 5.89. The van der Waals surface area contributed by atoms with E-state index in [4.69, 9.17) is 0 Å². The van der Waals surface area contributed by atoms with E-state index in [1.54, 1.807) is 0 Å². The minimum Gasteiger partial charge on any atom is -0.345 e. The number of aromatic nitrogens is 2. The van der Waals surface area contributed by atoms with Crippen LogP contribution in [0.5, 0.6) is 0 Å². The van der Waals surface area contributed by atoms with Crippen LogP contribution in [0.25, 0.3) is 0 Å².